The molecule has 1 N–H and O–H groups in total. The van der Waals surface area contributed by atoms with E-state index in [0.29, 0.717) is 11.6 Å². The van der Waals surface area contributed by atoms with Crippen molar-refractivity contribution in [2.45, 2.75) is 19.4 Å². The average molecular weight is 221 g/mol. The Labute approximate surface area is 94.7 Å². The molecule has 0 radical (unpaired) electrons. The van der Waals surface area contributed by atoms with Gasteiger partial charge in [0.25, 0.3) is 0 Å². The Morgan fingerprint density at radius 2 is 2.38 bits per heavy atom. The number of pyridine rings is 1. The topological polar surface area (TPSA) is 28.2 Å². The molecule has 2 bridgehead atoms. The molecule has 1 aromatic heterocycles. The summed E-state index contributed by atoms with van der Waals surface area (Å²) in [5.41, 5.74) is 1.70. The van der Waals surface area contributed by atoms with Crippen molar-refractivity contribution in [3.05, 3.63) is 23.8 Å². The third-order valence-electron chi connectivity index (χ3n) is 3.65. The van der Waals surface area contributed by atoms with Crippen LogP contribution in [0, 0.1) is 18.8 Å². The van der Waals surface area contributed by atoms with Gasteiger partial charge in [-0.3, -0.25) is 0 Å². The van der Waals surface area contributed by atoms with E-state index in [2.05, 4.69) is 15.2 Å². The lowest BCUT2D eigenvalue weighted by Crippen LogP contribution is -2.39. The third kappa shape index (κ3) is 1.57. The predicted molar refractivity (Wildman–Crippen MR) is 61.0 cm³/mol. The molecule has 0 aliphatic carbocycles. The molecule has 2 saturated heterocycles. The zero-order valence-corrected chi connectivity index (χ0v) is 9.41. The molecule has 1 aromatic rings. The van der Waals surface area contributed by atoms with Crippen LogP contribution in [0.5, 0.6) is 0 Å². The smallest absolute Gasteiger partial charge is 0.215 e. The van der Waals surface area contributed by atoms with Crippen LogP contribution in [-0.2, 0) is 0 Å². The molecule has 0 spiro atoms. The monoisotopic (exact) mass is 221 g/mol. The normalized spacial score (nSPS) is 28.5. The van der Waals surface area contributed by atoms with Crippen LogP contribution in [0.1, 0.15) is 12.0 Å². The Morgan fingerprint density at radius 3 is 3.12 bits per heavy atom. The molecule has 3 nitrogen and oxygen atoms in total. The fourth-order valence-electron chi connectivity index (χ4n) is 2.83. The van der Waals surface area contributed by atoms with Gasteiger partial charge < -0.3 is 10.2 Å². The fourth-order valence-corrected chi connectivity index (χ4v) is 2.83. The summed E-state index contributed by atoms with van der Waals surface area (Å²) in [5.74, 6) is 0.383. The summed E-state index contributed by atoms with van der Waals surface area (Å²) in [5, 5.41) is 3.44. The molecule has 2 atom stereocenters. The standard InChI is InChI=1S/C12H16FN3/c1-8-2-10(6-15-12(8)13)16-7-9-3-11(16)5-14-4-9/h2,6,9,11,14H,3-5,7H2,1H3/t9-,11-/m0/s1. The van der Waals surface area contributed by atoms with Gasteiger partial charge in [-0.05, 0) is 31.9 Å². The summed E-state index contributed by atoms with van der Waals surface area (Å²) in [6.07, 6.45) is 2.91. The van der Waals surface area contributed by atoms with Crippen molar-refractivity contribution in [1.29, 1.82) is 0 Å². The Hall–Kier alpha value is -1.16. The molecule has 3 rings (SSSR count). The molecular weight excluding hydrogens is 205 g/mol. The highest BCUT2D eigenvalue weighted by atomic mass is 19.1. The highest BCUT2D eigenvalue weighted by Crippen LogP contribution is 2.31. The maximum absolute atomic E-state index is 13.1. The number of nitrogens with zero attached hydrogens (tertiary/aromatic N) is 2. The lowest BCUT2D eigenvalue weighted by Gasteiger charge is -2.26. The summed E-state index contributed by atoms with van der Waals surface area (Å²) in [7, 11) is 0. The Bertz CT molecular complexity index is 407. The summed E-state index contributed by atoms with van der Waals surface area (Å²) in [6, 6.07) is 2.47. The number of hydrogen-bond acceptors (Lipinski definition) is 3. The van der Waals surface area contributed by atoms with Crippen molar-refractivity contribution < 1.29 is 4.39 Å². The molecule has 2 aliphatic heterocycles. The van der Waals surface area contributed by atoms with Gasteiger partial charge in [-0.25, -0.2) is 4.98 Å². The number of anilines is 1. The fraction of sp³-hybridized carbons (Fsp3) is 0.583. The van der Waals surface area contributed by atoms with Crippen LogP contribution in [-0.4, -0.2) is 30.7 Å². The van der Waals surface area contributed by atoms with Crippen molar-refractivity contribution in [1.82, 2.24) is 10.3 Å². The maximum Gasteiger partial charge on any atom is 0.215 e. The lowest BCUT2D eigenvalue weighted by molar-refractivity contribution is 0.434. The maximum atomic E-state index is 13.1. The third-order valence-corrected chi connectivity index (χ3v) is 3.65. The van der Waals surface area contributed by atoms with E-state index in [-0.39, 0.29) is 5.95 Å². The van der Waals surface area contributed by atoms with Gasteiger partial charge in [0.05, 0.1) is 11.9 Å². The quantitative estimate of drug-likeness (QED) is 0.725. The number of halogens is 1. The van der Waals surface area contributed by atoms with Crippen molar-refractivity contribution in [2.24, 2.45) is 5.92 Å². The van der Waals surface area contributed by atoms with E-state index in [1.54, 1.807) is 13.1 Å². The van der Waals surface area contributed by atoms with Crippen LogP contribution >= 0.6 is 0 Å². The first-order chi connectivity index (χ1) is 7.74. The minimum atomic E-state index is -0.357. The summed E-state index contributed by atoms with van der Waals surface area (Å²) in [6.45, 7) is 4.99. The number of piperidine rings is 1. The number of hydrogen-bond donors (Lipinski definition) is 1. The Morgan fingerprint density at radius 1 is 1.50 bits per heavy atom. The van der Waals surface area contributed by atoms with Crippen LogP contribution in [0.2, 0.25) is 0 Å². The first kappa shape index (κ1) is 10.0. The second-order valence-corrected chi connectivity index (χ2v) is 4.87. The van der Waals surface area contributed by atoms with Gasteiger partial charge in [0.15, 0.2) is 0 Å². The van der Waals surface area contributed by atoms with Crippen LogP contribution in [0.4, 0.5) is 10.1 Å². The minimum Gasteiger partial charge on any atom is -0.366 e. The second kappa shape index (κ2) is 3.70. The van der Waals surface area contributed by atoms with Crippen molar-refractivity contribution in [3.8, 4) is 0 Å². The summed E-state index contributed by atoms with van der Waals surface area (Å²) in [4.78, 5) is 6.17. The van der Waals surface area contributed by atoms with Gasteiger partial charge in [-0.15, -0.1) is 0 Å². The van der Waals surface area contributed by atoms with Gasteiger partial charge in [-0.2, -0.15) is 4.39 Å². The average Bonchev–Trinajstić information content (AvgIpc) is 2.58. The van der Waals surface area contributed by atoms with E-state index >= 15 is 0 Å². The molecule has 0 unspecified atom stereocenters. The lowest BCUT2D eigenvalue weighted by atomic mass is 10.0. The van der Waals surface area contributed by atoms with Gasteiger partial charge in [0.2, 0.25) is 5.95 Å². The van der Waals surface area contributed by atoms with Crippen LogP contribution in [0.3, 0.4) is 0 Å². The highest BCUT2D eigenvalue weighted by molar-refractivity contribution is 5.49. The van der Waals surface area contributed by atoms with Gasteiger partial charge in [-0.1, -0.05) is 0 Å². The molecule has 0 saturated carbocycles. The summed E-state index contributed by atoms with van der Waals surface area (Å²) < 4.78 is 13.1. The van der Waals surface area contributed by atoms with E-state index < -0.39 is 0 Å². The van der Waals surface area contributed by atoms with E-state index in [1.165, 1.54) is 6.42 Å². The van der Waals surface area contributed by atoms with E-state index in [1.807, 2.05) is 6.07 Å². The molecule has 2 fully saturated rings. The van der Waals surface area contributed by atoms with Crippen molar-refractivity contribution >= 4 is 5.69 Å². The number of rotatable bonds is 1. The van der Waals surface area contributed by atoms with Crippen LogP contribution in [0.15, 0.2) is 12.3 Å². The minimum absolute atomic E-state index is 0.357. The van der Waals surface area contributed by atoms with Crippen LogP contribution in [0.25, 0.3) is 0 Å². The number of nitrogens with one attached hydrogen (secondary N) is 1. The molecule has 0 aromatic carbocycles. The van der Waals surface area contributed by atoms with Gasteiger partial charge in [0.1, 0.15) is 0 Å². The summed E-state index contributed by atoms with van der Waals surface area (Å²) >= 11 is 0. The van der Waals surface area contributed by atoms with E-state index in [9.17, 15) is 4.39 Å². The Balaban J connectivity index is 1.89. The molecule has 16 heavy (non-hydrogen) atoms. The number of aromatic nitrogens is 1. The predicted octanol–water partition coefficient (Wildman–Crippen LogP) is 1.33. The molecule has 86 valence electrons. The zero-order valence-electron chi connectivity index (χ0n) is 9.41. The van der Waals surface area contributed by atoms with Crippen LogP contribution < -0.4 is 10.2 Å². The largest absolute Gasteiger partial charge is 0.366 e. The van der Waals surface area contributed by atoms with Crippen molar-refractivity contribution in [3.63, 3.8) is 0 Å². The highest BCUT2D eigenvalue weighted by Gasteiger charge is 2.35. The number of fused-ring (bicyclic) bond motifs is 2. The first-order valence-corrected chi connectivity index (χ1v) is 5.83. The SMILES string of the molecule is Cc1cc(N2C[C@@H]3CNC[C@@H]2C3)cnc1F. The zero-order chi connectivity index (χ0) is 11.1. The first-order valence-electron chi connectivity index (χ1n) is 5.83. The molecule has 0 amide bonds. The van der Waals surface area contributed by atoms with Crippen molar-refractivity contribution in [2.75, 3.05) is 24.5 Å². The van der Waals surface area contributed by atoms with E-state index in [0.717, 1.165) is 31.2 Å². The molecule has 3 heterocycles. The molecule has 4 heteroatoms. The molecular formula is C12H16FN3. The van der Waals surface area contributed by atoms with Gasteiger partial charge in [0, 0.05) is 24.7 Å². The van der Waals surface area contributed by atoms with E-state index in [4.69, 9.17) is 0 Å². The second-order valence-electron chi connectivity index (χ2n) is 4.87. The van der Waals surface area contributed by atoms with Gasteiger partial charge >= 0.3 is 0 Å². The Kier molecular flexibility index (Phi) is 2.32. The molecule has 2 aliphatic rings. The number of aryl methyl sites for hydroxylation is 1.